The van der Waals surface area contributed by atoms with Gasteiger partial charge in [-0.05, 0) is 38.3 Å². The van der Waals surface area contributed by atoms with Gasteiger partial charge in [0.2, 0.25) is 21.7 Å². The van der Waals surface area contributed by atoms with Crippen molar-refractivity contribution < 1.29 is 12.9 Å². The van der Waals surface area contributed by atoms with Crippen LogP contribution in [0.15, 0.2) is 39.8 Å². The van der Waals surface area contributed by atoms with Crippen LogP contribution < -0.4 is 4.72 Å². The zero-order valence-corrected chi connectivity index (χ0v) is 16.2. The average Bonchev–Trinajstić information content (AvgIpc) is 3.20. The molecule has 1 aliphatic carbocycles. The molecular formula is C18H19N3O3S2. The maximum Gasteiger partial charge on any atom is 0.241 e. The number of aromatic nitrogens is 2. The van der Waals surface area contributed by atoms with Crippen LogP contribution >= 0.6 is 11.3 Å². The molecule has 0 spiro atoms. The van der Waals surface area contributed by atoms with Crippen molar-refractivity contribution in [2.75, 3.05) is 0 Å². The topological polar surface area (TPSA) is 85.1 Å². The Kier molecular flexibility index (Phi) is 4.42. The summed E-state index contributed by atoms with van der Waals surface area (Å²) in [7, 11) is -3.61. The highest BCUT2D eigenvalue weighted by molar-refractivity contribution is 7.89. The van der Waals surface area contributed by atoms with Crippen molar-refractivity contribution in [1.29, 1.82) is 0 Å². The Morgan fingerprint density at radius 1 is 1.23 bits per heavy atom. The second-order valence-corrected chi connectivity index (χ2v) is 9.56. The molecule has 1 saturated carbocycles. The molecule has 2 heterocycles. The van der Waals surface area contributed by atoms with E-state index in [0.29, 0.717) is 27.4 Å². The van der Waals surface area contributed by atoms with E-state index < -0.39 is 10.0 Å². The monoisotopic (exact) mass is 389 g/mol. The Morgan fingerprint density at radius 2 is 1.96 bits per heavy atom. The van der Waals surface area contributed by atoms with E-state index in [2.05, 4.69) is 14.9 Å². The summed E-state index contributed by atoms with van der Waals surface area (Å²) in [4.78, 5) is 6.07. The lowest BCUT2D eigenvalue weighted by Gasteiger charge is -2.06. The zero-order valence-electron chi connectivity index (χ0n) is 14.5. The first-order valence-electron chi connectivity index (χ1n) is 8.42. The maximum atomic E-state index is 12.7. The SMILES string of the molecule is Cc1ccc(CNS(=O)(=O)c2cc(-c3noc(C4CC4)n3)sc2C)cc1. The smallest absolute Gasteiger partial charge is 0.241 e. The molecule has 26 heavy (non-hydrogen) atoms. The van der Waals surface area contributed by atoms with Crippen molar-refractivity contribution in [3.05, 3.63) is 52.2 Å². The summed E-state index contributed by atoms with van der Waals surface area (Å²) in [5.74, 6) is 1.48. The number of thiophene rings is 1. The van der Waals surface area contributed by atoms with Gasteiger partial charge in [0.15, 0.2) is 0 Å². The van der Waals surface area contributed by atoms with Crippen molar-refractivity contribution in [3.8, 4) is 10.7 Å². The Balaban J connectivity index is 1.53. The molecule has 0 bridgehead atoms. The van der Waals surface area contributed by atoms with Crippen molar-refractivity contribution in [3.63, 3.8) is 0 Å². The summed E-state index contributed by atoms with van der Waals surface area (Å²) in [6.07, 6.45) is 2.15. The third-order valence-corrected chi connectivity index (χ3v) is 7.04. The van der Waals surface area contributed by atoms with Gasteiger partial charge in [0, 0.05) is 17.3 Å². The van der Waals surface area contributed by atoms with Gasteiger partial charge in [0.05, 0.1) is 9.77 Å². The Labute approximate surface area is 156 Å². The molecule has 1 fully saturated rings. The predicted molar refractivity (Wildman–Crippen MR) is 99.5 cm³/mol. The number of nitrogens with zero attached hydrogens (tertiary/aromatic N) is 2. The van der Waals surface area contributed by atoms with Gasteiger partial charge in [0.1, 0.15) is 0 Å². The van der Waals surface area contributed by atoms with Crippen LogP contribution in [-0.4, -0.2) is 18.6 Å². The van der Waals surface area contributed by atoms with Crippen LogP contribution in [0.25, 0.3) is 10.7 Å². The van der Waals surface area contributed by atoms with E-state index >= 15 is 0 Å². The highest BCUT2D eigenvalue weighted by Crippen LogP contribution is 2.40. The minimum absolute atomic E-state index is 0.251. The molecule has 0 radical (unpaired) electrons. The minimum atomic E-state index is -3.61. The van der Waals surface area contributed by atoms with Crippen LogP contribution in [0.1, 0.15) is 40.7 Å². The second kappa shape index (κ2) is 6.61. The van der Waals surface area contributed by atoms with Crippen molar-refractivity contribution >= 4 is 21.4 Å². The fourth-order valence-electron chi connectivity index (χ4n) is 2.64. The van der Waals surface area contributed by atoms with E-state index in [1.165, 1.54) is 11.3 Å². The van der Waals surface area contributed by atoms with Gasteiger partial charge in [-0.15, -0.1) is 11.3 Å². The molecule has 0 unspecified atom stereocenters. The fourth-order valence-corrected chi connectivity index (χ4v) is 5.17. The van der Waals surface area contributed by atoms with Gasteiger partial charge < -0.3 is 4.52 Å². The normalized spacial score (nSPS) is 14.7. The second-order valence-electron chi connectivity index (χ2n) is 6.57. The first-order chi connectivity index (χ1) is 12.4. The first-order valence-corrected chi connectivity index (χ1v) is 10.7. The fraction of sp³-hybridized carbons (Fsp3) is 0.333. The van der Waals surface area contributed by atoms with Crippen LogP contribution in [0.5, 0.6) is 0 Å². The van der Waals surface area contributed by atoms with Crippen molar-refractivity contribution in [1.82, 2.24) is 14.9 Å². The van der Waals surface area contributed by atoms with Crippen LogP contribution in [-0.2, 0) is 16.6 Å². The number of rotatable bonds is 6. The van der Waals surface area contributed by atoms with Crippen LogP contribution in [0.2, 0.25) is 0 Å². The zero-order chi connectivity index (χ0) is 18.3. The summed E-state index contributed by atoms with van der Waals surface area (Å²) in [5.41, 5.74) is 2.06. The molecule has 0 atom stereocenters. The van der Waals surface area contributed by atoms with E-state index in [4.69, 9.17) is 4.52 Å². The third-order valence-electron chi connectivity index (χ3n) is 4.34. The van der Waals surface area contributed by atoms with E-state index in [1.807, 2.05) is 31.2 Å². The lowest BCUT2D eigenvalue weighted by atomic mass is 10.2. The molecule has 1 aliphatic rings. The van der Waals surface area contributed by atoms with E-state index in [9.17, 15) is 8.42 Å². The molecular weight excluding hydrogens is 370 g/mol. The van der Waals surface area contributed by atoms with E-state index in [1.54, 1.807) is 13.0 Å². The maximum absolute atomic E-state index is 12.7. The number of hydrogen-bond donors (Lipinski definition) is 1. The molecule has 1 N–H and O–H groups in total. The highest BCUT2D eigenvalue weighted by Gasteiger charge is 2.30. The van der Waals surface area contributed by atoms with Gasteiger partial charge in [-0.25, -0.2) is 13.1 Å². The van der Waals surface area contributed by atoms with Gasteiger partial charge >= 0.3 is 0 Å². The highest BCUT2D eigenvalue weighted by atomic mass is 32.2. The van der Waals surface area contributed by atoms with Crippen LogP contribution in [0.3, 0.4) is 0 Å². The predicted octanol–water partition coefficient (Wildman–Crippen LogP) is 3.77. The van der Waals surface area contributed by atoms with Gasteiger partial charge in [0.25, 0.3) is 0 Å². The molecule has 8 heteroatoms. The summed E-state index contributed by atoms with van der Waals surface area (Å²) in [5, 5.41) is 4.00. The Morgan fingerprint density at radius 3 is 2.65 bits per heavy atom. The van der Waals surface area contributed by atoms with Gasteiger partial charge in [-0.2, -0.15) is 4.98 Å². The van der Waals surface area contributed by atoms with Crippen LogP contribution in [0.4, 0.5) is 0 Å². The molecule has 3 aromatic rings. The lowest BCUT2D eigenvalue weighted by molar-refractivity contribution is 0.380. The number of sulfonamides is 1. The van der Waals surface area contributed by atoms with Gasteiger partial charge in [-0.3, -0.25) is 0 Å². The molecule has 136 valence electrons. The Bertz CT molecular complexity index is 1030. The number of aryl methyl sites for hydroxylation is 2. The average molecular weight is 390 g/mol. The first kappa shape index (κ1) is 17.4. The van der Waals surface area contributed by atoms with Crippen LogP contribution in [0, 0.1) is 13.8 Å². The van der Waals surface area contributed by atoms with Gasteiger partial charge in [-0.1, -0.05) is 35.0 Å². The van der Waals surface area contributed by atoms with Crippen molar-refractivity contribution in [2.24, 2.45) is 0 Å². The van der Waals surface area contributed by atoms with Crippen molar-refractivity contribution in [2.45, 2.75) is 44.0 Å². The standard InChI is InChI=1S/C18H19N3O3S2/c1-11-3-5-13(6-4-11)10-19-26(22,23)16-9-15(25-12(16)2)17-20-18(24-21-17)14-7-8-14/h3-6,9,14,19H,7-8,10H2,1-2H3. The number of hydrogen-bond acceptors (Lipinski definition) is 6. The lowest BCUT2D eigenvalue weighted by Crippen LogP contribution is -2.23. The molecule has 2 aromatic heterocycles. The molecule has 0 aliphatic heterocycles. The van der Waals surface area contributed by atoms with E-state index in [-0.39, 0.29) is 11.4 Å². The summed E-state index contributed by atoms with van der Waals surface area (Å²) in [6.45, 7) is 4.04. The number of nitrogens with one attached hydrogen (secondary N) is 1. The number of benzene rings is 1. The quantitative estimate of drug-likeness (QED) is 0.694. The molecule has 0 saturated heterocycles. The summed E-state index contributed by atoms with van der Waals surface area (Å²) < 4.78 is 33.3. The third kappa shape index (κ3) is 3.58. The summed E-state index contributed by atoms with van der Waals surface area (Å²) in [6, 6.07) is 9.39. The largest absolute Gasteiger partial charge is 0.339 e. The molecule has 0 amide bonds. The molecule has 1 aromatic carbocycles. The molecule has 4 rings (SSSR count). The molecule has 6 nitrogen and oxygen atoms in total. The van der Waals surface area contributed by atoms with E-state index in [0.717, 1.165) is 24.0 Å². The Hall–Kier alpha value is -2.03. The summed E-state index contributed by atoms with van der Waals surface area (Å²) >= 11 is 1.36. The minimum Gasteiger partial charge on any atom is -0.339 e.